The summed E-state index contributed by atoms with van der Waals surface area (Å²) < 4.78 is 5.00. The van der Waals surface area contributed by atoms with Crippen molar-refractivity contribution >= 4 is 5.97 Å². The van der Waals surface area contributed by atoms with E-state index in [0.717, 1.165) is 24.3 Å². The summed E-state index contributed by atoms with van der Waals surface area (Å²) in [6.45, 7) is 6.46. The molecule has 1 atom stereocenters. The molecule has 0 amide bonds. The normalized spacial score (nSPS) is 25.8. The molecule has 0 aromatic rings. The van der Waals surface area contributed by atoms with E-state index in [-0.39, 0.29) is 5.97 Å². The summed E-state index contributed by atoms with van der Waals surface area (Å²) in [5.74, 6) is 0.597. The van der Waals surface area contributed by atoms with Gasteiger partial charge < -0.3 is 4.74 Å². The van der Waals surface area contributed by atoms with Gasteiger partial charge in [0.2, 0.25) is 0 Å². The van der Waals surface area contributed by atoms with Crippen LogP contribution in [0.3, 0.4) is 0 Å². The molecule has 80 valence electrons. The van der Waals surface area contributed by atoms with Crippen LogP contribution in [0.1, 0.15) is 46.5 Å². The Morgan fingerprint density at radius 1 is 1.57 bits per heavy atom. The van der Waals surface area contributed by atoms with Gasteiger partial charge in [-0.3, -0.25) is 0 Å². The first kappa shape index (κ1) is 11.3. The first-order chi connectivity index (χ1) is 6.65. The van der Waals surface area contributed by atoms with Crippen molar-refractivity contribution < 1.29 is 9.53 Å². The fourth-order valence-electron chi connectivity index (χ4n) is 2.01. The molecule has 0 saturated heterocycles. The van der Waals surface area contributed by atoms with Gasteiger partial charge in [-0.1, -0.05) is 18.9 Å². The highest BCUT2D eigenvalue weighted by Gasteiger charge is 2.18. The molecular weight excluding hydrogens is 176 g/mol. The molecule has 0 N–H and O–H groups in total. The van der Waals surface area contributed by atoms with Crippen molar-refractivity contribution in [1.29, 1.82) is 0 Å². The van der Waals surface area contributed by atoms with E-state index >= 15 is 0 Å². The number of hydrogen-bond donors (Lipinski definition) is 0. The highest BCUT2D eigenvalue weighted by Crippen LogP contribution is 2.30. The third-order valence-electron chi connectivity index (χ3n) is 2.88. The summed E-state index contributed by atoms with van der Waals surface area (Å²) >= 11 is 0. The van der Waals surface area contributed by atoms with Gasteiger partial charge in [-0.2, -0.15) is 0 Å². The predicted molar refractivity (Wildman–Crippen MR) is 57.0 cm³/mol. The monoisotopic (exact) mass is 196 g/mol. The third-order valence-corrected chi connectivity index (χ3v) is 2.88. The number of carbonyl (C=O) groups excluding carboxylic acids is 1. The number of carbonyl (C=O) groups is 1. The van der Waals surface area contributed by atoms with Gasteiger partial charge >= 0.3 is 5.97 Å². The quantitative estimate of drug-likeness (QED) is 0.501. The maximum atomic E-state index is 11.5. The zero-order valence-corrected chi connectivity index (χ0v) is 9.43. The molecule has 2 nitrogen and oxygen atoms in total. The van der Waals surface area contributed by atoms with Crippen molar-refractivity contribution in [2.24, 2.45) is 5.92 Å². The van der Waals surface area contributed by atoms with E-state index in [9.17, 15) is 4.79 Å². The van der Waals surface area contributed by atoms with E-state index < -0.39 is 0 Å². The van der Waals surface area contributed by atoms with Gasteiger partial charge in [0.1, 0.15) is 0 Å². The van der Waals surface area contributed by atoms with Crippen LogP contribution in [0.4, 0.5) is 0 Å². The van der Waals surface area contributed by atoms with Crippen molar-refractivity contribution in [3.63, 3.8) is 0 Å². The van der Waals surface area contributed by atoms with Crippen LogP contribution in [-0.2, 0) is 9.53 Å². The maximum absolute atomic E-state index is 11.5. The minimum atomic E-state index is -0.128. The topological polar surface area (TPSA) is 26.3 Å². The molecule has 0 spiro atoms. The molecule has 1 fully saturated rings. The van der Waals surface area contributed by atoms with E-state index in [1.807, 2.05) is 13.8 Å². The predicted octanol–water partition coefficient (Wildman–Crippen LogP) is 3.08. The lowest BCUT2D eigenvalue weighted by atomic mass is 9.84. The van der Waals surface area contributed by atoms with Crippen LogP contribution >= 0.6 is 0 Å². The maximum Gasteiger partial charge on any atom is 0.333 e. The van der Waals surface area contributed by atoms with Crippen LogP contribution in [0.25, 0.3) is 0 Å². The summed E-state index contributed by atoms with van der Waals surface area (Å²) in [6.07, 6.45) is 4.66. The summed E-state index contributed by atoms with van der Waals surface area (Å²) in [5.41, 5.74) is 2.15. The van der Waals surface area contributed by atoms with Crippen molar-refractivity contribution in [3.05, 3.63) is 11.1 Å². The van der Waals surface area contributed by atoms with E-state index in [1.165, 1.54) is 18.4 Å². The molecule has 0 radical (unpaired) electrons. The Bertz CT molecular complexity index is 241. The summed E-state index contributed by atoms with van der Waals surface area (Å²) in [6, 6.07) is 0. The van der Waals surface area contributed by atoms with Crippen molar-refractivity contribution in [1.82, 2.24) is 0 Å². The molecule has 1 rings (SSSR count). The Labute approximate surface area is 86.3 Å². The Kier molecular flexibility index (Phi) is 4.18. The first-order valence-corrected chi connectivity index (χ1v) is 5.50. The second kappa shape index (κ2) is 5.18. The lowest BCUT2D eigenvalue weighted by Gasteiger charge is -2.22. The molecule has 0 aromatic heterocycles. The van der Waals surface area contributed by atoms with Crippen LogP contribution in [0.2, 0.25) is 0 Å². The number of allylic oxidation sites excluding steroid dienone is 1. The lowest BCUT2D eigenvalue weighted by molar-refractivity contribution is -0.138. The van der Waals surface area contributed by atoms with E-state index in [1.54, 1.807) is 0 Å². The fourth-order valence-corrected chi connectivity index (χ4v) is 2.01. The molecule has 1 saturated carbocycles. The molecule has 0 bridgehead atoms. The van der Waals surface area contributed by atoms with Gasteiger partial charge in [0.15, 0.2) is 0 Å². The Balaban J connectivity index is 2.66. The van der Waals surface area contributed by atoms with Gasteiger partial charge in [0.05, 0.1) is 6.61 Å². The second-order valence-corrected chi connectivity index (χ2v) is 4.15. The van der Waals surface area contributed by atoms with Crippen molar-refractivity contribution in [2.75, 3.05) is 6.61 Å². The standard InChI is InChI=1S/C12H20O2/c1-4-14-12(13)10(3)11-7-5-6-9(2)8-11/h9H,4-8H2,1-3H3/b11-10-. The smallest absolute Gasteiger partial charge is 0.333 e. The third kappa shape index (κ3) is 2.86. The van der Waals surface area contributed by atoms with Gasteiger partial charge in [-0.15, -0.1) is 0 Å². The van der Waals surface area contributed by atoms with E-state index in [4.69, 9.17) is 4.74 Å². The highest BCUT2D eigenvalue weighted by molar-refractivity contribution is 5.88. The number of esters is 1. The van der Waals surface area contributed by atoms with E-state index in [2.05, 4.69) is 6.92 Å². The van der Waals surface area contributed by atoms with E-state index in [0.29, 0.717) is 6.61 Å². The van der Waals surface area contributed by atoms with Crippen LogP contribution in [-0.4, -0.2) is 12.6 Å². The molecule has 0 heterocycles. The summed E-state index contributed by atoms with van der Waals surface area (Å²) in [7, 11) is 0. The fraction of sp³-hybridized carbons (Fsp3) is 0.750. The zero-order valence-electron chi connectivity index (χ0n) is 9.43. The minimum absolute atomic E-state index is 0.128. The van der Waals surface area contributed by atoms with Crippen LogP contribution in [0.5, 0.6) is 0 Å². The van der Waals surface area contributed by atoms with Crippen molar-refractivity contribution in [2.45, 2.75) is 46.5 Å². The van der Waals surface area contributed by atoms with Crippen molar-refractivity contribution in [3.8, 4) is 0 Å². The average molecular weight is 196 g/mol. The first-order valence-electron chi connectivity index (χ1n) is 5.50. The minimum Gasteiger partial charge on any atom is -0.463 e. The van der Waals surface area contributed by atoms with Crippen LogP contribution in [0.15, 0.2) is 11.1 Å². The second-order valence-electron chi connectivity index (χ2n) is 4.15. The summed E-state index contributed by atoms with van der Waals surface area (Å²) in [5, 5.41) is 0. The molecule has 2 heteroatoms. The molecule has 1 aliphatic rings. The lowest BCUT2D eigenvalue weighted by Crippen LogP contribution is -2.12. The summed E-state index contributed by atoms with van der Waals surface area (Å²) in [4.78, 5) is 11.5. The number of rotatable bonds is 2. The Hall–Kier alpha value is -0.790. The zero-order chi connectivity index (χ0) is 10.6. The Morgan fingerprint density at radius 2 is 2.29 bits per heavy atom. The Morgan fingerprint density at radius 3 is 2.86 bits per heavy atom. The van der Waals surface area contributed by atoms with Crippen LogP contribution < -0.4 is 0 Å². The van der Waals surface area contributed by atoms with Gasteiger partial charge in [0, 0.05) is 5.57 Å². The molecule has 14 heavy (non-hydrogen) atoms. The SMILES string of the molecule is CCOC(=O)/C(C)=C1/CCCC(C)C1. The van der Waals surface area contributed by atoms with Crippen LogP contribution in [0, 0.1) is 5.92 Å². The molecular formula is C12H20O2. The average Bonchev–Trinajstić information content (AvgIpc) is 2.17. The molecule has 1 unspecified atom stereocenters. The molecule has 0 aromatic carbocycles. The van der Waals surface area contributed by atoms with Gasteiger partial charge in [0.25, 0.3) is 0 Å². The molecule has 0 aliphatic heterocycles. The van der Waals surface area contributed by atoms with Gasteiger partial charge in [-0.25, -0.2) is 4.79 Å². The highest BCUT2D eigenvalue weighted by atomic mass is 16.5. The molecule has 1 aliphatic carbocycles. The number of ether oxygens (including phenoxy) is 1. The van der Waals surface area contributed by atoms with Gasteiger partial charge in [-0.05, 0) is 39.0 Å². The largest absolute Gasteiger partial charge is 0.463 e. The number of hydrogen-bond acceptors (Lipinski definition) is 2.